The maximum atomic E-state index is 12.2. The lowest BCUT2D eigenvalue weighted by Gasteiger charge is -2.09. The van der Waals surface area contributed by atoms with Gasteiger partial charge in [0.2, 0.25) is 0 Å². The Bertz CT molecular complexity index is 1120. The van der Waals surface area contributed by atoms with Crippen LogP contribution in [0.15, 0.2) is 78.9 Å². The lowest BCUT2D eigenvalue weighted by Crippen LogP contribution is -2.34. The smallest absolute Gasteiger partial charge is 0.387 e. The Kier molecular flexibility index (Phi) is 9.30. The Hall–Kier alpha value is -4.27. The number of esters is 1. The summed E-state index contributed by atoms with van der Waals surface area (Å²) in [5.41, 5.74) is 3.19. The molecule has 7 nitrogen and oxygen atoms in total. The number of alkyl halides is 2. The van der Waals surface area contributed by atoms with Gasteiger partial charge in [-0.05, 0) is 47.4 Å². The summed E-state index contributed by atoms with van der Waals surface area (Å²) in [4.78, 5) is 35.9. The number of rotatable bonds is 11. The largest absolute Gasteiger partial charge is 0.454 e. The molecule has 0 aliphatic rings. The molecule has 0 saturated carbocycles. The third kappa shape index (κ3) is 8.54. The van der Waals surface area contributed by atoms with Crippen LogP contribution in [-0.2, 0) is 20.7 Å². The average molecular weight is 482 g/mol. The van der Waals surface area contributed by atoms with Gasteiger partial charge in [-0.1, -0.05) is 54.6 Å². The second-order valence-electron chi connectivity index (χ2n) is 7.41. The molecule has 3 rings (SSSR count). The minimum Gasteiger partial charge on any atom is -0.454 e. The second-order valence-corrected chi connectivity index (χ2v) is 7.41. The van der Waals surface area contributed by atoms with Crippen molar-refractivity contribution in [3.63, 3.8) is 0 Å². The molecule has 3 aromatic carbocycles. The van der Waals surface area contributed by atoms with Crippen LogP contribution in [-0.4, -0.2) is 44.1 Å². The van der Waals surface area contributed by atoms with Gasteiger partial charge < -0.3 is 20.1 Å². The van der Waals surface area contributed by atoms with Gasteiger partial charge in [-0.15, -0.1) is 0 Å². The van der Waals surface area contributed by atoms with Crippen LogP contribution in [0.25, 0.3) is 11.1 Å². The fraction of sp³-hybridized carbons (Fsp3) is 0.192. The predicted octanol–water partition coefficient (Wildman–Crippen LogP) is 3.59. The Morgan fingerprint density at radius 3 is 2.11 bits per heavy atom. The van der Waals surface area contributed by atoms with E-state index in [0.29, 0.717) is 12.0 Å². The van der Waals surface area contributed by atoms with Crippen molar-refractivity contribution >= 4 is 17.8 Å². The number of hydrogen-bond donors (Lipinski definition) is 2. The number of ether oxygens (including phenoxy) is 2. The molecule has 2 amide bonds. The van der Waals surface area contributed by atoms with Crippen molar-refractivity contribution in [2.75, 3.05) is 19.7 Å². The predicted molar refractivity (Wildman–Crippen MR) is 125 cm³/mol. The summed E-state index contributed by atoms with van der Waals surface area (Å²) in [6, 6.07) is 22.7. The number of hydrogen-bond acceptors (Lipinski definition) is 5. The third-order valence-corrected chi connectivity index (χ3v) is 4.90. The second kappa shape index (κ2) is 12.8. The molecule has 182 valence electrons. The van der Waals surface area contributed by atoms with Crippen LogP contribution in [0.5, 0.6) is 5.75 Å². The molecular formula is C26H24F2N2O5. The normalized spacial score (nSPS) is 10.5. The molecule has 0 aliphatic heterocycles. The van der Waals surface area contributed by atoms with Crippen molar-refractivity contribution in [2.45, 2.75) is 13.0 Å². The van der Waals surface area contributed by atoms with Crippen LogP contribution in [0.1, 0.15) is 15.9 Å². The number of amides is 2. The fourth-order valence-corrected chi connectivity index (χ4v) is 3.13. The molecule has 0 heterocycles. The van der Waals surface area contributed by atoms with E-state index in [0.717, 1.165) is 16.7 Å². The molecule has 0 unspecified atom stereocenters. The van der Waals surface area contributed by atoms with E-state index in [4.69, 9.17) is 4.74 Å². The number of nitrogens with one attached hydrogen (secondary N) is 2. The zero-order chi connectivity index (χ0) is 25.0. The summed E-state index contributed by atoms with van der Waals surface area (Å²) in [5.74, 6) is -1.63. The molecule has 0 atom stereocenters. The standard InChI is InChI=1S/C26H24F2N2O5/c27-26(28)35-22-12-6-18(7-13-22)14-15-29-23(31)17-34-24(32)16-30-25(33)21-10-8-20(9-11-21)19-4-2-1-3-5-19/h1-13,26H,14-17H2,(H,29,31)(H,30,33). The number of benzene rings is 3. The number of halogens is 2. The Morgan fingerprint density at radius 1 is 0.800 bits per heavy atom. The van der Waals surface area contributed by atoms with Gasteiger partial charge in [-0.25, -0.2) is 0 Å². The van der Waals surface area contributed by atoms with E-state index in [9.17, 15) is 23.2 Å². The highest BCUT2D eigenvalue weighted by atomic mass is 19.3. The van der Waals surface area contributed by atoms with Gasteiger partial charge >= 0.3 is 12.6 Å². The molecular weight excluding hydrogens is 458 g/mol. The van der Waals surface area contributed by atoms with Crippen molar-refractivity contribution < 1.29 is 32.6 Å². The first kappa shape index (κ1) is 25.4. The van der Waals surface area contributed by atoms with Crippen LogP contribution in [0, 0.1) is 0 Å². The van der Waals surface area contributed by atoms with E-state index in [1.165, 1.54) is 12.1 Å². The maximum absolute atomic E-state index is 12.2. The molecule has 9 heteroatoms. The maximum Gasteiger partial charge on any atom is 0.387 e. The SMILES string of the molecule is O=C(COC(=O)CNC(=O)c1ccc(-c2ccccc2)cc1)NCCc1ccc(OC(F)F)cc1. The summed E-state index contributed by atoms with van der Waals surface area (Å²) in [5, 5.41) is 5.05. The summed E-state index contributed by atoms with van der Waals surface area (Å²) in [7, 11) is 0. The molecule has 0 spiro atoms. The minimum absolute atomic E-state index is 0.0518. The summed E-state index contributed by atoms with van der Waals surface area (Å²) in [6.45, 7) is -3.48. The molecule has 3 aromatic rings. The zero-order valence-corrected chi connectivity index (χ0v) is 18.7. The Balaban J connectivity index is 1.32. The first-order valence-electron chi connectivity index (χ1n) is 10.8. The molecule has 0 saturated heterocycles. The zero-order valence-electron chi connectivity index (χ0n) is 18.7. The van der Waals surface area contributed by atoms with Crippen molar-refractivity contribution in [1.82, 2.24) is 10.6 Å². The van der Waals surface area contributed by atoms with Gasteiger partial charge in [0.25, 0.3) is 11.8 Å². The Labute approximate surface area is 201 Å². The monoisotopic (exact) mass is 482 g/mol. The van der Waals surface area contributed by atoms with Gasteiger partial charge in [-0.3, -0.25) is 14.4 Å². The third-order valence-electron chi connectivity index (χ3n) is 4.90. The van der Waals surface area contributed by atoms with E-state index in [1.807, 2.05) is 42.5 Å². The van der Waals surface area contributed by atoms with E-state index < -0.39 is 31.0 Å². The van der Waals surface area contributed by atoms with Crippen molar-refractivity contribution in [2.24, 2.45) is 0 Å². The fourth-order valence-electron chi connectivity index (χ4n) is 3.13. The highest BCUT2D eigenvalue weighted by molar-refractivity contribution is 5.96. The van der Waals surface area contributed by atoms with Gasteiger partial charge in [0.1, 0.15) is 12.3 Å². The quantitative estimate of drug-likeness (QED) is 0.408. The summed E-state index contributed by atoms with van der Waals surface area (Å²) >= 11 is 0. The topological polar surface area (TPSA) is 93.7 Å². The Morgan fingerprint density at radius 2 is 1.46 bits per heavy atom. The van der Waals surface area contributed by atoms with Crippen LogP contribution in [0.4, 0.5) is 8.78 Å². The highest BCUT2D eigenvalue weighted by Crippen LogP contribution is 2.19. The van der Waals surface area contributed by atoms with Crippen LogP contribution < -0.4 is 15.4 Å². The molecule has 0 aliphatic carbocycles. The van der Waals surface area contributed by atoms with E-state index in [-0.39, 0.29) is 18.8 Å². The van der Waals surface area contributed by atoms with Crippen LogP contribution in [0.2, 0.25) is 0 Å². The van der Waals surface area contributed by atoms with Crippen LogP contribution >= 0.6 is 0 Å². The number of carbonyl (C=O) groups is 3. The first-order valence-corrected chi connectivity index (χ1v) is 10.8. The summed E-state index contributed by atoms with van der Waals surface area (Å²) < 4.78 is 33.4. The lowest BCUT2D eigenvalue weighted by molar-refractivity contribution is -0.147. The minimum atomic E-state index is -2.89. The molecule has 0 fully saturated rings. The van der Waals surface area contributed by atoms with Gasteiger partial charge in [0, 0.05) is 12.1 Å². The molecule has 0 radical (unpaired) electrons. The lowest BCUT2D eigenvalue weighted by atomic mass is 10.0. The van der Waals surface area contributed by atoms with E-state index >= 15 is 0 Å². The van der Waals surface area contributed by atoms with Crippen LogP contribution in [0.3, 0.4) is 0 Å². The van der Waals surface area contributed by atoms with Crippen molar-refractivity contribution in [3.05, 3.63) is 90.0 Å². The molecule has 0 bridgehead atoms. The first-order chi connectivity index (χ1) is 16.9. The molecule has 0 aromatic heterocycles. The van der Waals surface area contributed by atoms with Gasteiger partial charge in [0.05, 0.1) is 0 Å². The van der Waals surface area contributed by atoms with Crippen molar-refractivity contribution in [3.8, 4) is 16.9 Å². The molecule has 2 N–H and O–H groups in total. The number of carbonyl (C=O) groups excluding carboxylic acids is 3. The molecule has 35 heavy (non-hydrogen) atoms. The van der Waals surface area contributed by atoms with Gasteiger partial charge in [0.15, 0.2) is 6.61 Å². The van der Waals surface area contributed by atoms with Crippen molar-refractivity contribution in [1.29, 1.82) is 0 Å². The summed E-state index contributed by atoms with van der Waals surface area (Å²) in [6.07, 6.45) is 0.452. The average Bonchev–Trinajstić information content (AvgIpc) is 2.87. The van der Waals surface area contributed by atoms with E-state index in [2.05, 4.69) is 15.4 Å². The highest BCUT2D eigenvalue weighted by Gasteiger charge is 2.11. The van der Waals surface area contributed by atoms with Gasteiger partial charge in [-0.2, -0.15) is 8.78 Å². The van der Waals surface area contributed by atoms with E-state index in [1.54, 1.807) is 24.3 Å².